The van der Waals surface area contributed by atoms with E-state index in [0.29, 0.717) is 12.0 Å². The Morgan fingerprint density at radius 1 is 1.26 bits per heavy atom. The Hall–Kier alpha value is -2.28. The van der Waals surface area contributed by atoms with Gasteiger partial charge in [0, 0.05) is 19.0 Å². The van der Waals surface area contributed by atoms with Crippen LogP contribution in [0.4, 0.5) is 4.39 Å². The Labute approximate surface area is 136 Å². The number of rotatable bonds is 6. The highest BCUT2D eigenvalue weighted by Gasteiger charge is 2.09. The molecule has 1 aromatic carbocycles. The number of hydrogen-bond donors (Lipinski definition) is 0. The summed E-state index contributed by atoms with van der Waals surface area (Å²) in [6, 6.07) is 5.66. The van der Waals surface area contributed by atoms with E-state index in [2.05, 4.69) is 15.1 Å². The number of nitrogens with zero attached hydrogens (tertiary/aromatic N) is 4. The number of aryl methyl sites for hydroxylation is 1. The van der Waals surface area contributed by atoms with Crippen LogP contribution < -0.4 is 0 Å². The number of ketones is 1. The van der Waals surface area contributed by atoms with Crippen LogP contribution in [0.5, 0.6) is 0 Å². The number of hydrogen-bond acceptors (Lipinski definition) is 5. The molecular formula is C16H15FN4OS. The van der Waals surface area contributed by atoms with Crippen LogP contribution in [-0.2, 0) is 7.05 Å². The standard InChI is InChI=1S/C16H15FN4OS/c1-21-15-13(9-20-21)16(19-10-18-15)23-8-2-3-14(22)11-4-6-12(17)7-5-11/h4-7,9-10H,2-3,8H2,1H3. The zero-order valence-corrected chi connectivity index (χ0v) is 13.4. The van der Waals surface area contributed by atoms with E-state index >= 15 is 0 Å². The van der Waals surface area contributed by atoms with Gasteiger partial charge in [-0.15, -0.1) is 11.8 Å². The van der Waals surface area contributed by atoms with E-state index in [1.54, 1.807) is 22.6 Å². The number of halogens is 1. The number of benzene rings is 1. The van der Waals surface area contributed by atoms with Gasteiger partial charge in [-0.1, -0.05) is 0 Å². The quantitative estimate of drug-likeness (QED) is 0.300. The molecule has 2 heterocycles. The maximum absolute atomic E-state index is 12.8. The third-order valence-corrected chi connectivity index (χ3v) is 4.54. The maximum Gasteiger partial charge on any atom is 0.162 e. The van der Waals surface area contributed by atoms with Crippen LogP contribution in [-0.4, -0.2) is 31.3 Å². The smallest absolute Gasteiger partial charge is 0.162 e. The van der Waals surface area contributed by atoms with Gasteiger partial charge in [-0.2, -0.15) is 5.10 Å². The summed E-state index contributed by atoms with van der Waals surface area (Å²) in [6.07, 6.45) is 4.43. The van der Waals surface area contributed by atoms with E-state index in [-0.39, 0.29) is 11.6 Å². The highest BCUT2D eigenvalue weighted by atomic mass is 32.2. The Bertz CT molecular complexity index is 832. The largest absolute Gasteiger partial charge is 0.294 e. The summed E-state index contributed by atoms with van der Waals surface area (Å²) in [5.74, 6) is 0.467. The summed E-state index contributed by atoms with van der Waals surface area (Å²) < 4.78 is 14.5. The normalized spacial score (nSPS) is 11.0. The van der Waals surface area contributed by atoms with Gasteiger partial charge in [-0.05, 0) is 36.4 Å². The summed E-state index contributed by atoms with van der Waals surface area (Å²) in [6.45, 7) is 0. The van der Waals surface area contributed by atoms with E-state index in [9.17, 15) is 9.18 Å². The summed E-state index contributed by atoms with van der Waals surface area (Å²) in [5, 5.41) is 5.97. The SMILES string of the molecule is Cn1ncc2c(SCCCC(=O)c3ccc(F)cc3)ncnc21. The Morgan fingerprint density at radius 2 is 2.04 bits per heavy atom. The van der Waals surface area contributed by atoms with Crippen LogP contribution in [0, 0.1) is 5.82 Å². The first-order valence-electron chi connectivity index (χ1n) is 7.19. The molecule has 0 spiro atoms. The second-order valence-corrected chi connectivity index (χ2v) is 6.15. The van der Waals surface area contributed by atoms with Gasteiger partial charge in [0.2, 0.25) is 0 Å². The number of fused-ring (bicyclic) bond motifs is 1. The van der Waals surface area contributed by atoms with Gasteiger partial charge in [0.05, 0.1) is 11.6 Å². The van der Waals surface area contributed by atoms with Crippen molar-refractivity contribution in [2.45, 2.75) is 17.9 Å². The molecule has 0 aliphatic heterocycles. The van der Waals surface area contributed by atoms with Crippen molar-refractivity contribution in [3.63, 3.8) is 0 Å². The predicted molar refractivity (Wildman–Crippen MR) is 87.0 cm³/mol. The first-order chi connectivity index (χ1) is 11.1. The van der Waals surface area contributed by atoms with Crippen molar-refractivity contribution in [1.29, 1.82) is 0 Å². The average Bonchev–Trinajstić information content (AvgIpc) is 2.94. The fraction of sp³-hybridized carbons (Fsp3) is 0.250. The molecule has 3 rings (SSSR count). The van der Waals surface area contributed by atoms with Gasteiger partial charge in [0.25, 0.3) is 0 Å². The number of thioether (sulfide) groups is 1. The van der Waals surface area contributed by atoms with E-state index < -0.39 is 0 Å². The van der Waals surface area contributed by atoms with Crippen molar-refractivity contribution in [3.8, 4) is 0 Å². The monoisotopic (exact) mass is 330 g/mol. The van der Waals surface area contributed by atoms with Crippen molar-refractivity contribution in [2.75, 3.05) is 5.75 Å². The van der Waals surface area contributed by atoms with Crippen molar-refractivity contribution in [3.05, 3.63) is 48.2 Å². The molecule has 0 bridgehead atoms. The molecule has 0 saturated heterocycles. The molecule has 0 atom stereocenters. The summed E-state index contributed by atoms with van der Waals surface area (Å²) in [5.41, 5.74) is 1.35. The lowest BCUT2D eigenvalue weighted by Gasteiger charge is -2.03. The fourth-order valence-corrected chi connectivity index (χ4v) is 3.14. The van der Waals surface area contributed by atoms with Crippen molar-refractivity contribution in [2.24, 2.45) is 7.05 Å². The van der Waals surface area contributed by atoms with E-state index in [1.165, 1.54) is 30.6 Å². The zero-order valence-electron chi connectivity index (χ0n) is 12.6. The Kier molecular flexibility index (Phi) is 4.66. The Balaban J connectivity index is 1.55. The minimum absolute atomic E-state index is 0.0276. The average molecular weight is 330 g/mol. The van der Waals surface area contributed by atoms with Gasteiger partial charge < -0.3 is 0 Å². The molecule has 23 heavy (non-hydrogen) atoms. The topological polar surface area (TPSA) is 60.7 Å². The lowest BCUT2D eigenvalue weighted by molar-refractivity contribution is 0.0982. The molecule has 0 amide bonds. The molecule has 0 N–H and O–H groups in total. The number of carbonyl (C=O) groups is 1. The first-order valence-corrected chi connectivity index (χ1v) is 8.18. The second-order valence-electron chi connectivity index (χ2n) is 5.07. The lowest BCUT2D eigenvalue weighted by Crippen LogP contribution is -2.00. The van der Waals surface area contributed by atoms with Crippen LogP contribution in [0.3, 0.4) is 0 Å². The molecule has 0 saturated carbocycles. The summed E-state index contributed by atoms with van der Waals surface area (Å²) in [4.78, 5) is 20.5. The van der Waals surface area contributed by atoms with Crippen molar-refractivity contribution >= 4 is 28.6 Å². The molecule has 118 valence electrons. The molecule has 0 unspecified atom stereocenters. The van der Waals surface area contributed by atoms with Crippen LogP contribution in [0.2, 0.25) is 0 Å². The highest BCUT2D eigenvalue weighted by Crippen LogP contribution is 2.24. The molecule has 7 heteroatoms. The molecular weight excluding hydrogens is 315 g/mol. The zero-order chi connectivity index (χ0) is 16.2. The highest BCUT2D eigenvalue weighted by molar-refractivity contribution is 7.99. The van der Waals surface area contributed by atoms with Gasteiger partial charge in [-0.3, -0.25) is 9.48 Å². The van der Waals surface area contributed by atoms with Gasteiger partial charge in [-0.25, -0.2) is 14.4 Å². The van der Waals surface area contributed by atoms with E-state index in [4.69, 9.17) is 0 Å². The van der Waals surface area contributed by atoms with Gasteiger partial charge in [0.15, 0.2) is 11.4 Å². The molecule has 0 aliphatic carbocycles. The first kappa shape index (κ1) is 15.6. The van der Waals surface area contributed by atoms with Crippen molar-refractivity contribution in [1.82, 2.24) is 19.7 Å². The molecule has 0 fully saturated rings. The summed E-state index contributed by atoms with van der Waals surface area (Å²) >= 11 is 1.59. The third-order valence-electron chi connectivity index (χ3n) is 3.45. The molecule has 2 aromatic heterocycles. The van der Waals surface area contributed by atoms with Crippen LogP contribution in [0.15, 0.2) is 41.8 Å². The molecule has 0 radical (unpaired) electrons. The van der Waals surface area contributed by atoms with Crippen LogP contribution in [0.1, 0.15) is 23.2 Å². The number of aromatic nitrogens is 4. The van der Waals surface area contributed by atoms with Crippen LogP contribution >= 0.6 is 11.8 Å². The third kappa shape index (κ3) is 3.56. The molecule has 5 nitrogen and oxygen atoms in total. The molecule has 3 aromatic rings. The van der Waals surface area contributed by atoms with Crippen LogP contribution in [0.25, 0.3) is 11.0 Å². The minimum Gasteiger partial charge on any atom is -0.294 e. The van der Waals surface area contributed by atoms with Gasteiger partial charge in [0.1, 0.15) is 17.2 Å². The lowest BCUT2D eigenvalue weighted by atomic mass is 10.1. The maximum atomic E-state index is 12.8. The van der Waals surface area contributed by atoms with E-state index in [0.717, 1.165) is 28.2 Å². The van der Waals surface area contributed by atoms with Crippen molar-refractivity contribution < 1.29 is 9.18 Å². The predicted octanol–water partition coefficient (Wildman–Crippen LogP) is 3.26. The minimum atomic E-state index is -0.332. The molecule has 0 aliphatic rings. The van der Waals surface area contributed by atoms with E-state index in [1.807, 2.05) is 7.05 Å². The second kappa shape index (κ2) is 6.87. The number of carbonyl (C=O) groups excluding carboxylic acids is 1. The fourth-order valence-electron chi connectivity index (χ4n) is 2.24. The Morgan fingerprint density at radius 3 is 2.83 bits per heavy atom. The summed E-state index contributed by atoms with van der Waals surface area (Å²) in [7, 11) is 1.84. The van der Waals surface area contributed by atoms with Gasteiger partial charge >= 0.3 is 0 Å². The number of Topliss-reactive ketones (excluding diaryl/α,β-unsaturated/α-hetero) is 1.